The minimum Gasteiger partial charge on any atom is -0.325 e. The monoisotopic (exact) mass is 165 g/mol. The quantitative estimate of drug-likeness (QED) is 0.713. The Morgan fingerprint density at radius 2 is 2.17 bits per heavy atom. The summed E-state index contributed by atoms with van der Waals surface area (Å²) in [5.41, 5.74) is 7.84. The number of aryl methyl sites for hydroxylation is 1. The van der Waals surface area contributed by atoms with Gasteiger partial charge in [0.15, 0.2) is 0 Å². The average molecular weight is 165 g/mol. The topological polar surface area (TPSA) is 51.8 Å². The largest absolute Gasteiger partial charge is 0.325 e. The van der Waals surface area contributed by atoms with E-state index in [0.717, 1.165) is 17.7 Å². The minimum absolute atomic E-state index is 0.185. The minimum atomic E-state index is -0.185. The van der Waals surface area contributed by atoms with Crippen molar-refractivity contribution in [2.75, 3.05) is 0 Å². The molecule has 1 rings (SSSR count). The Labute approximate surface area is 73.0 Å². The number of hydrogen-bond acceptors (Lipinski definition) is 3. The van der Waals surface area contributed by atoms with E-state index >= 15 is 0 Å². The molecule has 0 radical (unpaired) electrons. The Bertz CT molecular complexity index is 263. The molecule has 2 N–H and O–H groups in total. The van der Waals surface area contributed by atoms with Gasteiger partial charge in [-0.1, -0.05) is 0 Å². The van der Waals surface area contributed by atoms with Crippen molar-refractivity contribution in [3.63, 3.8) is 0 Å². The first-order valence-electron chi connectivity index (χ1n) is 4.03. The zero-order chi connectivity index (χ0) is 9.19. The van der Waals surface area contributed by atoms with Gasteiger partial charge in [-0.15, -0.1) is 0 Å². The molecule has 0 atom stereocenters. The van der Waals surface area contributed by atoms with Crippen LogP contribution in [-0.2, 0) is 6.42 Å². The Kier molecular flexibility index (Phi) is 2.43. The zero-order valence-corrected chi connectivity index (χ0v) is 7.83. The third-order valence-electron chi connectivity index (χ3n) is 1.66. The van der Waals surface area contributed by atoms with Gasteiger partial charge >= 0.3 is 0 Å². The second-order valence-electron chi connectivity index (χ2n) is 3.80. The van der Waals surface area contributed by atoms with Crippen molar-refractivity contribution in [1.82, 2.24) is 9.97 Å². The fraction of sp³-hybridized carbons (Fsp3) is 0.556. The van der Waals surface area contributed by atoms with Crippen molar-refractivity contribution < 1.29 is 0 Å². The lowest BCUT2D eigenvalue weighted by molar-refractivity contribution is 0.513. The first-order valence-corrected chi connectivity index (χ1v) is 4.03. The second-order valence-corrected chi connectivity index (χ2v) is 3.80. The first-order chi connectivity index (χ1) is 5.49. The van der Waals surface area contributed by atoms with Gasteiger partial charge in [-0.05, 0) is 32.8 Å². The van der Waals surface area contributed by atoms with Crippen LogP contribution in [0.25, 0.3) is 0 Å². The molecule has 1 aromatic rings. The number of hydrogen-bond donors (Lipinski definition) is 1. The summed E-state index contributed by atoms with van der Waals surface area (Å²) in [6, 6.07) is 0. The average Bonchev–Trinajstić information content (AvgIpc) is 1.91. The van der Waals surface area contributed by atoms with Crippen molar-refractivity contribution in [2.24, 2.45) is 5.73 Å². The first kappa shape index (κ1) is 9.13. The van der Waals surface area contributed by atoms with Crippen LogP contribution >= 0.6 is 0 Å². The predicted octanol–water partition coefficient (Wildman–Crippen LogP) is 1.06. The lowest BCUT2D eigenvalue weighted by Crippen LogP contribution is -2.34. The molecule has 3 heteroatoms. The normalized spacial score (nSPS) is 11.7. The molecule has 0 amide bonds. The van der Waals surface area contributed by atoms with E-state index in [1.807, 2.05) is 27.0 Å². The van der Waals surface area contributed by atoms with Crippen LogP contribution in [0.3, 0.4) is 0 Å². The molecule has 0 aliphatic heterocycles. The van der Waals surface area contributed by atoms with Crippen LogP contribution in [0.5, 0.6) is 0 Å². The lowest BCUT2D eigenvalue weighted by Gasteiger charge is -2.18. The van der Waals surface area contributed by atoms with E-state index in [1.165, 1.54) is 0 Å². The van der Waals surface area contributed by atoms with E-state index in [0.29, 0.717) is 0 Å². The van der Waals surface area contributed by atoms with E-state index in [9.17, 15) is 0 Å². The van der Waals surface area contributed by atoms with Crippen molar-refractivity contribution in [1.29, 1.82) is 0 Å². The Balaban J connectivity index is 2.83. The summed E-state index contributed by atoms with van der Waals surface area (Å²) in [4.78, 5) is 8.06. The molecule has 1 aromatic heterocycles. The Morgan fingerprint density at radius 1 is 1.50 bits per heavy atom. The highest BCUT2D eigenvalue weighted by molar-refractivity contribution is 5.16. The van der Waals surface area contributed by atoms with Crippen LogP contribution in [0.4, 0.5) is 0 Å². The number of nitrogens with two attached hydrogens (primary N) is 1. The summed E-state index contributed by atoms with van der Waals surface area (Å²) in [5, 5.41) is 0. The summed E-state index contributed by atoms with van der Waals surface area (Å²) >= 11 is 0. The van der Waals surface area contributed by atoms with E-state index < -0.39 is 0 Å². The molecular formula is C9H15N3. The highest BCUT2D eigenvalue weighted by atomic mass is 14.8. The highest BCUT2D eigenvalue weighted by Gasteiger charge is 2.13. The second kappa shape index (κ2) is 3.19. The SMILES string of the molecule is Cc1ncncc1CC(C)(C)N. The van der Waals surface area contributed by atoms with Gasteiger partial charge in [-0.25, -0.2) is 9.97 Å². The molecule has 0 fully saturated rings. The molecule has 12 heavy (non-hydrogen) atoms. The number of rotatable bonds is 2. The van der Waals surface area contributed by atoms with Gasteiger partial charge in [0.25, 0.3) is 0 Å². The fourth-order valence-corrected chi connectivity index (χ4v) is 1.08. The lowest BCUT2D eigenvalue weighted by atomic mass is 9.96. The molecule has 3 nitrogen and oxygen atoms in total. The summed E-state index contributed by atoms with van der Waals surface area (Å²) in [6.45, 7) is 5.97. The van der Waals surface area contributed by atoms with Crippen LogP contribution in [0.2, 0.25) is 0 Å². The van der Waals surface area contributed by atoms with Gasteiger partial charge in [0.2, 0.25) is 0 Å². The van der Waals surface area contributed by atoms with Crippen LogP contribution < -0.4 is 5.73 Å². The summed E-state index contributed by atoms with van der Waals surface area (Å²) in [6.07, 6.45) is 4.21. The summed E-state index contributed by atoms with van der Waals surface area (Å²) in [5.74, 6) is 0. The molecule has 66 valence electrons. The van der Waals surface area contributed by atoms with Crippen LogP contribution in [0.15, 0.2) is 12.5 Å². The van der Waals surface area contributed by atoms with Crippen molar-refractivity contribution >= 4 is 0 Å². The maximum Gasteiger partial charge on any atom is 0.115 e. The molecule has 0 aliphatic rings. The van der Waals surface area contributed by atoms with Gasteiger partial charge < -0.3 is 5.73 Å². The Hall–Kier alpha value is -0.960. The molecule has 0 spiro atoms. The molecule has 0 saturated heterocycles. The summed E-state index contributed by atoms with van der Waals surface area (Å²) < 4.78 is 0. The van der Waals surface area contributed by atoms with E-state index in [-0.39, 0.29) is 5.54 Å². The zero-order valence-electron chi connectivity index (χ0n) is 7.83. The third kappa shape index (κ3) is 2.58. The molecular weight excluding hydrogens is 150 g/mol. The Morgan fingerprint density at radius 3 is 2.67 bits per heavy atom. The standard InChI is InChI=1S/C9H15N3/c1-7-8(4-9(2,3)10)5-11-6-12-7/h5-6H,4,10H2,1-3H3. The fourth-order valence-electron chi connectivity index (χ4n) is 1.08. The van der Waals surface area contributed by atoms with E-state index in [2.05, 4.69) is 9.97 Å². The van der Waals surface area contributed by atoms with E-state index in [4.69, 9.17) is 5.73 Å². The van der Waals surface area contributed by atoms with Gasteiger partial charge in [0, 0.05) is 17.4 Å². The van der Waals surface area contributed by atoms with Gasteiger partial charge in [0.1, 0.15) is 6.33 Å². The van der Waals surface area contributed by atoms with Gasteiger partial charge in [-0.3, -0.25) is 0 Å². The molecule has 0 bridgehead atoms. The smallest absolute Gasteiger partial charge is 0.115 e. The molecule has 0 aromatic carbocycles. The van der Waals surface area contributed by atoms with Crippen LogP contribution in [-0.4, -0.2) is 15.5 Å². The molecule has 0 saturated carbocycles. The van der Waals surface area contributed by atoms with Gasteiger partial charge in [0.05, 0.1) is 0 Å². The number of aromatic nitrogens is 2. The summed E-state index contributed by atoms with van der Waals surface area (Å²) in [7, 11) is 0. The third-order valence-corrected chi connectivity index (χ3v) is 1.66. The van der Waals surface area contributed by atoms with Crippen molar-refractivity contribution in [2.45, 2.75) is 32.7 Å². The van der Waals surface area contributed by atoms with Gasteiger partial charge in [-0.2, -0.15) is 0 Å². The highest BCUT2D eigenvalue weighted by Crippen LogP contribution is 2.10. The number of nitrogens with zero attached hydrogens (tertiary/aromatic N) is 2. The maximum absolute atomic E-state index is 5.88. The predicted molar refractivity (Wildman–Crippen MR) is 48.7 cm³/mol. The maximum atomic E-state index is 5.88. The van der Waals surface area contributed by atoms with Crippen molar-refractivity contribution in [3.8, 4) is 0 Å². The van der Waals surface area contributed by atoms with E-state index in [1.54, 1.807) is 6.33 Å². The molecule has 0 unspecified atom stereocenters. The van der Waals surface area contributed by atoms with Crippen molar-refractivity contribution in [3.05, 3.63) is 23.8 Å². The molecule has 0 aliphatic carbocycles. The van der Waals surface area contributed by atoms with Crippen LogP contribution in [0.1, 0.15) is 25.1 Å². The molecule has 1 heterocycles. The van der Waals surface area contributed by atoms with Crippen LogP contribution in [0, 0.1) is 6.92 Å².